The Hall–Kier alpha value is -3.28. The van der Waals surface area contributed by atoms with Gasteiger partial charge in [-0.15, -0.1) is 6.58 Å². The van der Waals surface area contributed by atoms with Gasteiger partial charge in [-0.05, 0) is 91.5 Å². The van der Waals surface area contributed by atoms with E-state index in [1.807, 2.05) is 6.08 Å². The first-order chi connectivity index (χ1) is 19.9. The fourth-order valence-electron chi connectivity index (χ4n) is 6.70. The third-order valence-corrected chi connectivity index (χ3v) is 9.07. The lowest BCUT2D eigenvalue weighted by atomic mass is 9.70. The van der Waals surface area contributed by atoms with Gasteiger partial charge in [-0.3, -0.25) is 0 Å². The van der Waals surface area contributed by atoms with E-state index in [0.717, 1.165) is 43.1 Å². The third kappa shape index (κ3) is 6.32. The molecule has 0 amide bonds. The maximum Gasteiger partial charge on any atom is 0.201 e. The van der Waals surface area contributed by atoms with Crippen LogP contribution in [-0.4, -0.2) is 14.4 Å². The lowest BCUT2D eigenvalue weighted by Gasteiger charge is -2.35. The summed E-state index contributed by atoms with van der Waals surface area (Å²) in [7, 11) is 1.69. The summed E-state index contributed by atoms with van der Waals surface area (Å²) in [4.78, 5) is 0. The van der Waals surface area contributed by atoms with Crippen molar-refractivity contribution in [1.82, 2.24) is 0 Å². The zero-order chi connectivity index (χ0) is 28.9. The molecule has 0 bridgehead atoms. The Morgan fingerprint density at radius 1 is 0.732 bits per heavy atom. The summed E-state index contributed by atoms with van der Waals surface area (Å²) in [5.74, 6) is -1.76. The van der Waals surface area contributed by atoms with E-state index in [0.29, 0.717) is 22.6 Å². The van der Waals surface area contributed by atoms with Crippen LogP contribution in [0.2, 0.25) is 0 Å². The fraction of sp³-hybridized carbons (Fsp3) is 0.371. The number of rotatable bonds is 9. The average molecular weight is 560 g/mol. The summed E-state index contributed by atoms with van der Waals surface area (Å²) in [6.45, 7) is 4.06. The van der Waals surface area contributed by atoms with Gasteiger partial charge in [0.05, 0.1) is 6.51 Å². The highest BCUT2D eigenvalue weighted by atomic mass is 19.2. The van der Waals surface area contributed by atoms with Crippen molar-refractivity contribution in [2.45, 2.75) is 57.8 Å². The van der Waals surface area contributed by atoms with Crippen LogP contribution in [0.5, 0.6) is 5.75 Å². The van der Waals surface area contributed by atoms with Crippen molar-refractivity contribution in [3.05, 3.63) is 96.1 Å². The lowest BCUT2D eigenvalue weighted by molar-refractivity contribution is 0.190. The van der Waals surface area contributed by atoms with E-state index >= 15 is 8.78 Å². The van der Waals surface area contributed by atoms with Gasteiger partial charge in [0, 0.05) is 16.7 Å². The molecule has 5 rings (SSSR count). The summed E-state index contributed by atoms with van der Waals surface area (Å²) in [5, 5.41) is 0. The molecule has 0 heterocycles. The maximum absolute atomic E-state index is 15.3. The van der Waals surface area contributed by atoms with Crippen LogP contribution in [0, 0.1) is 41.0 Å². The molecule has 1 atom stereocenters. The molecule has 0 radical (unpaired) electrons. The fourth-order valence-corrected chi connectivity index (χ4v) is 6.70. The Morgan fingerprint density at radius 3 is 1.90 bits per heavy atom. The maximum atomic E-state index is 15.3. The second-order valence-electron chi connectivity index (χ2n) is 11.4. The van der Waals surface area contributed by atoms with E-state index in [1.54, 1.807) is 44.2 Å². The van der Waals surface area contributed by atoms with Crippen molar-refractivity contribution in [2.24, 2.45) is 17.8 Å². The smallest absolute Gasteiger partial charge is 0.201 e. The van der Waals surface area contributed by atoms with Crippen LogP contribution in [0.1, 0.15) is 63.4 Å². The molecular weight excluding hydrogens is 523 g/mol. The minimum absolute atomic E-state index is 0.0720. The van der Waals surface area contributed by atoms with Gasteiger partial charge in [-0.2, -0.15) is 4.39 Å². The molecule has 41 heavy (non-hydrogen) atoms. The Kier molecular flexibility index (Phi) is 9.37. The first-order valence-electron chi connectivity index (χ1n) is 14.9. The van der Waals surface area contributed by atoms with Crippen LogP contribution in [0.15, 0.2) is 67.3 Å². The Labute approximate surface area is 241 Å². The van der Waals surface area contributed by atoms with Crippen LogP contribution in [0.25, 0.3) is 27.8 Å². The van der Waals surface area contributed by atoms with E-state index in [-0.39, 0.29) is 23.4 Å². The zero-order valence-corrected chi connectivity index (χ0v) is 23.7. The highest BCUT2D eigenvalue weighted by molar-refractivity contribution is 6.08. The van der Waals surface area contributed by atoms with Crippen molar-refractivity contribution in [2.75, 3.05) is 6.51 Å². The quantitative estimate of drug-likeness (QED) is 0.144. The summed E-state index contributed by atoms with van der Waals surface area (Å²) < 4.78 is 64.8. The van der Waals surface area contributed by atoms with Gasteiger partial charge >= 0.3 is 0 Å². The second kappa shape index (κ2) is 13.1. The highest BCUT2D eigenvalue weighted by Crippen LogP contribution is 2.43. The molecule has 214 valence electrons. The predicted molar refractivity (Wildman–Crippen MR) is 161 cm³/mol. The molecule has 6 heteroatoms. The van der Waals surface area contributed by atoms with E-state index < -0.39 is 23.3 Å². The number of hydrogen-bond acceptors (Lipinski definition) is 1. The first kappa shape index (κ1) is 29.2. The van der Waals surface area contributed by atoms with E-state index in [2.05, 4.69) is 12.7 Å². The number of ether oxygens (including phenoxy) is 1. The SMILES string of the molecule is BCOc1ccc(-c2ccc(-c3ccc(C4=CCC(C5CCC(CCC=C)CC5)CC4)c(F)c3F)cc2)c(F)c1F. The molecule has 1 nitrogen and oxygen atoms in total. The van der Waals surface area contributed by atoms with Gasteiger partial charge in [0.2, 0.25) is 5.82 Å². The molecule has 0 saturated heterocycles. The Balaban J connectivity index is 1.27. The molecule has 2 aliphatic carbocycles. The standard InChI is InChI=1S/C35H37BF4O/c1-2-3-4-22-5-7-23(8-6-22)24-9-11-25(12-10-24)28-17-18-29(33(38)32(28)37)26-13-15-27(16-14-26)30-19-20-31(41-21-36)35(40)34(30)39/h2,11,13-20,22-24H,1,3-10,12,21,36H2. The van der Waals surface area contributed by atoms with Crippen molar-refractivity contribution >= 4 is 13.4 Å². The zero-order valence-electron chi connectivity index (χ0n) is 23.7. The van der Waals surface area contributed by atoms with Crippen LogP contribution >= 0.6 is 0 Å². The number of allylic oxidation sites excluding steroid dienone is 3. The average Bonchev–Trinajstić information content (AvgIpc) is 3.00. The van der Waals surface area contributed by atoms with Crippen LogP contribution < -0.4 is 4.74 Å². The highest BCUT2D eigenvalue weighted by Gasteiger charge is 2.29. The van der Waals surface area contributed by atoms with Crippen molar-refractivity contribution in [3.8, 4) is 28.0 Å². The van der Waals surface area contributed by atoms with E-state index in [9.17, 15) is 8.78 Å². The summed E-state index contributed by atoms with van der Waals surface area (Å²) >= 11 is 0. The van der Waals surface area contributed by atoms with Gasteiger partial charge in [-0.1, -0.05) is 61.4 Å². The molecule has 1 saturated carbocycles. The molecule has 0 aromatic heterocycles. The van der Waals surface area contributed by atoms with Gasteiger partial charge in [0.1, 0.15) is 0 Å². The minimum atomic E-state index is -1.05. The summed E-state index contributed by atoms with van der Waals surface area (Å²) in [6, 6.07) is 12.5. The number of benzene rings is 3. The Bertz CT molecular complexity index is 1410. The minimum Gasteiger partial charge on any atom is -0.500 e. The van der Waals surface area contributed by atoms with Crippen molar-refractivity contribution in [1.29, 1.82) is 0 Å². The largest absolute Gasteiger partial charge is 0.500 e. The normalized spacial score (nSPS) is 20.9. The van der Waals surface area contributed by atoms with Crippen LogP contribution in [0.3, 0.4) is 0 Å². The molecule has 0 N–H and O–H groups in total. The number of hydrogen-bond donors (Lipinski definition) is 0. The predicted octanol–water partition coefficient (Wildman–Crippen LogP) is 9.50. The summed E-state index contributed by atoms with van der Waals surface area (Å²) in [6.07, 6.45) is 14.3. The molecule has 0 aliphatic heterocycles. The molecule has 3 aromatic rings. The second-order valence-corrected chi connectivity index (χ2v) is 11.4. The van der Waals surface area contributed by atoms with E-state index in [4.69, 9.17) is 4.74 Å². The van der Waals surface area contributed by atoms with Crippen LogP contribution in [-0.2, 0) is 0 Å². The summed E-state index contributed by atoms with van der Waals surface area (Å²) in [5.41, 5.74) is 2.32. The third-order valence-electron chi connectivity index (χ3n) is 9.07. The van der Waals surface area contributed by atoms with E-state index in [1.165, 1.54) is 44.2 Å². The number of halogens is 4. The van der Waals surface area contributed by atoms with Crippen LogP contribution in [0.4, 0.5) is 17.6 Å². The molecule has 1 unspecified atom stereocenters. The molecule has 3 aromatic carbocycles. The van der Waals surface area contributed by atoms with Gasteiger partial charge < -0.3 is 4.74 Å². The van der Waals surface area contributed by atoms with Crippen molar-refractivity contribution in [3.63, 3.8) is 0 Å². The van der Waals surface area contributed by atoms with Gasteiger partial charge in [0.25, 0.3) is 0 Å². The van der Waals surface area contributed by atoms with Crippen molar-refractivity contribution < 1.29 is 22.3 Å². The monoisotopic (exact) mass is 560 g/mol. The molecule has 1 fully saturated rings. The Morgan fingerprint density at radius 2 is 1.32 bits per heavy atom. The van der Waals surface area contributed by atoms with Gasteiger partial charge in [-0.25, -0.2) is 13.2 Å². The topological polar surface area (TPSA) is 9.23 Å². The molecule has 0 spiro atoms. The van der Waals surface area contributed by atoms with Gasteiger partial charge in [0.15, 0.2) is 31.0 Å². The first-order valence-corrected chi connectivity index (χ1v) is 14.9. The molecule has 2 aliphatic rings. The lowest BCUT2D eigenvalue weighted by Crippen LogP contribution is -2.23. The molecular formula is C35H37BF4O.